The van der Waals surface area contributed by atoms with E-state index in [-0.39, 0.29) is 11.5 Å². The summed E-state index contributed by atoms with van der Waals surface area (Å²) in [6, 6.07) is 5.29. The van der Waals surface area contributed by atoms with Crippen molar-refractivity contribution in [2.24, 2.45) is 5.92 Å². The fraction of sp³-hybridized carbons (Fsp3) is 0.571. The first kappa shape index (κ1) is 20.7. The highest BCUT2D eigenvalue weighted by Gasteiger charge is 2.22. The third kappa shape index (κ3) is 4.36. The van der Waals surface area contributed by atoms with E-state index >= 15 is 0 Å². The molecule has 1 unspecified atom stereocenters. The summed E-state index contributed by atoms with van der Waals surface area (Å²) < 4.78 is 2.05. The third-order valence-corrected chi connectivity index (χ3v) is 6.18. The number of carbonyl (C=O) groups is 1. The number of likely N-dealkylation sites (tertiary alicyclic amines) is 1. The smallest absolute Gasteiger partial charge is 0.262 e. The lowest BCUT2D eigenvalue weighted by molar-refractivity contribution is -0.897. The monoisotopic (exact) mass is 403 g/mol. The van der Waals surface area contributed by atoms with Gasteiger partial charge in [0.1, 0.15) is 0 Å². The minimum atomic E-state index is -0.0871. The number of fused-ring (bicyclic) bond motifs is 1. The molecule has 1 aromatic carbocycles. The van der Waals surface area contributed by atoms with Crippen LogP contribution in [0.4, 0.5) is 0 Å². The number of H-pyrrole nitrogens is 1. The zero-order valence-corrected chi connectivity index (χ0v) is 17.9. The normalized spacial score (nSPS) is 17.4. The summed E-state index contributed by atoms with van der Waals surface area (Å²) in [5.74, 6) is 0.561. The number of nitrogens with zero attached hydrogens (tertiary/aromatic N) is 2. The lowest BCUT2D eigenvalue weighted by atomic mass is 9.99. The van der Waals surface area contributed by atoms with Crippen molar-refractivity contribution < 1.29 is 9.69 Å². The summed E-state index contributed by atoms with van der Waals surface area (Å²) in [4.78, 5) is 32.3. The molecule has 1 aliphatic heterocycles. The molecule has 1 aromatic heterocycles. The quantitative estimate of drug-likeness (QED) is 0.724. The SMILES string of the molecule is CC[NH+](CC)CCn1c(=S)[nH]c2cc(C(=O)N3CCCC(C)C3)ccc2c1=O. The van der Waals surface area contributed by atoms with E-state index in [0.717, 1.165) is 39.1 Å². The van der Waals surface area contributed by atoms with E-state index in [1.165, 1.54) is 11.3 Å². The van der Waals surface area contributed by atoms with Crippen LogP contribution in [0.2, 0.25) is 0 Å². The predicted molar refractivity (Wildman–Crippen MR) is 115 cm³/mol. The molecule has 0 bridgehead atoms. The summed E-state index contributed by atoms with van der Waals surface area (Å²) in [6.07, 6.45) is 2.21. The largest absolute Gasteiger partial charge is 0.338 e. The standard InChI is InChI=1S/C21H30N4O2S/c1-4-23(5-2)11-12-25-20(27)17-9-8-16(13-18(17)22-21(25)28)19(26)24-10-6-7-15(3)14-24/h8-9,13,15H,4-7,10-12,14H2,1-3H3,(H,22,28)/p+1. The van der Waals surface area contributed by atoms with Gasteiger partial charge in [0.05, 0.1) is 37.1 Å². The summed E-state index contributed by atoms with van der Waals surface area (Å²) in [5, 5.41) is 0.576. The van der Waals surface area contributed by atoms with Crippen molar-refractivity contribution in [3.05, 3.63) is 38.9 Å². The number of amides is 1. The molecule has 2 heterocycles. The fourth-order valence-electron chi connectivity index (χ4n) is 4.02. The average Bonchev–Trinajstić information content (AvgIpc) is 2.69. The van der Waals surface area contributed by atoms with Gasteiger partial charge in [0.25, 0.3) is 11.5 Å². The van der Waals surface area contributed by atoms with Gasteiger partial charge in [-0.2, -0.15) is 0 Å². The van der Waals surface area contributed by atoms with Crippen molar-refractivity contribution >= 4 is 29.0 Å². The number of piperidine rings is 1. The lowest BCUT2D eigenvalue weighted by Crippen LogP contribution is -3.11. The average molecular weight is 404 g/mol. The Hall–Kier alpha value is -1.99. The summed E-state index contributed by atoms with van der Waals surface area (Å²) in [5.41, 5.74) is 1.16. The zero-order chi connectivity index (χ0) is 20.3. The first-order chi connectivity index (χ1) is 13.4. The number of nitrogens with one attached hydrogen (secondary N) is 2. The number of likely N-dealkylation sites (N-methyl/N-ethyl adjacent to an activating group) is 1. The van der Waals surface area contributed by atoms with Crippen LogP contribution in [-0.4, -0.2) is 53.1 Å². The van der Waals surface area contributed by atoms with Gasteiger partial charge in [-0.05, 0) is 63.0 Å². The van der Waals surface area contributed by atoms with Crippen LogP contribution in [0.25, 0.3) is 10.9 Å². The number of rotatable bonds is 6. The van der Waals surface area contributed by atoms with Gasteiger partial charge in [0.2, 0.25) is 0 Å². The zero-order valence-electron chi connectivity index (χ0n) is 17.1. The van der Waals surface area contributed by atoms with Crippen molar-refractivity contribution in [1.82, 2.24) is 14.5 Å². The maximum Gasteiger partial charge on any atom is 0.262 e. The molecule has 1 fully saturated rings. The predicted octanol–water partition coefficient (Wildman–Crippen LogP) is 1.86. The van der Waals surface area contributed by atoms with Gasteiger partial charge in [0, 0.05) is 18.7 Å². The Morgan fingerprint density at radius 1 is 1.32 bits per heavy atom. The van der Waals surface area contributed by atoms with Gasteiger partial charge in [-0.25, -0.2) is 0 Å². The van der Waals surface area contributed by atoms with Crippen molar-refractivity contribution in [3.63, 3.8) is 0 Å². The van der Waals surface area contributed by atoms with Crippen LogP contribution in [0.3, 0.4) is 0 Å². The van der Waals surface area contributed by atoms with E-state index in [9.17, 15) is 9.59 Å². The second-order valence-electron chi connectivity index (χ2n) is 7.85. The van der Waals surface area contributed by atoms with Crippen molar-refractivity contribution in [3.8, 4) is 0 Å². The van der Waals surface area contributed by atoms with E-state index < -0.39 is 0 Å². The number of quaternary nitrogens is 1. The van der Waals surface area contributed by atoms with Crippen LogP contribution in [0.1, 0.15) is 44.0 Å². The maximum atomic E-state index is 12.9. The molecule has 6 nitrogen and oxygen atoms in total. The second kappa shape index (κ2) is 9.01. The topological polar surface area (TPSA) is 62.5 Å². The van der Waals surface area contributed by atoms with Gasteiger partial charge in [-0.3, -0.25) is 14.2 Å². The van der Waals surface area contributed by atoms with Crippen LogP contribution in [0.5, 0.6) is 0 Å². The van der Waals surface area contributed by atoms with Crippen molar-refractivity contribution in [1.29, 1.82) is 0 Å². The van der Waals surface area contributed by atoms with E-state index in [4.69, 9.17) is 12.2 Å². The van der Waals surface area contributed by atoms with Crippen LogP contribution in [0.15, 0.2) is 23.0 Å². The number of aromatic nitrogens is 2. The molecule has 1 saturated heterocycles. The van der Waals surface area contributed by atoms with Gasteiger partial charge >= 0.3 is 0 Å². The Morgan fingerprint density at radius 2 is 2.07 bits per heavy atom. The summed E-state index contributed by atoms with van der Waals surface area (Å²) >= 11 is 5.44. The lowest BCUT2D eigenvalue weighted by Gasteiger charge is -2.31. The molecule has 0 saturated carbocycles. The molecule has 1 aliphatic rings. The van der Waals surface area contributed by atoms with E-state index in [1.807, 2.05) is 4.90 Å². The molecule has 0 aliphatic carbocycles. The molecule has 1 atom stereocenters. The summed E-state index contributed by atoms with van der Waals surface area (Å²) in [6.45, 7) is 11.6. The first-order valence-electron chi connectivity index (χ1n) is 10.3. The van der Waals surface area contributed by atoms with Crippen LogP contribution in [-0.2, 0) is 6.54 Å². The minimum absolute atomic E-state index is 0.0297. The van der Waals surface area contributed by atoms with Gasteiger partial charge in [-0.1, -0.05) is 6.92 Å². The number of hydrogen-bond acceptors (Lipinski definition) is 3. The minimum Gasteiger partial charge on any atom is -0.338 e. The van der Waals surface area contributed by atoms with Gasteiger partial charge in [-0.15, -0.1) is 0 Å². The Morgan fingerprint density at radius 3 is 2.75 bits per heavy atom. The van der Waals surface area contributed by atoms with Crippen LogP contribution >= 0.6 is 12.2 Å². The highest BCUT2D eigenvalue weighted by Crippen LogP contribution is 2.19. The Labute approximate surface area is 171 Å². The van der Waals surface area contributed by atoms with E-state index in [2.05, 4.69) is 25.8 Å². The molecule has 152 valence electrons. The fourth-order valence-corrected chi connectivity index (χ4v) is 4.30. The third-order valence-electron chi connectivity index (χ3n) is 5.86. The number of carbonyl (C=O) groups excluding carboxylic acids is 1. The van der Waals surface area contributed by atoms with Gasteiger partial charge < -0.3 is 14.8 Å². The second-order valence-corrected chi connectivity index (χ2v) is 8.24. The highest BCUT2D eigenvalue weighted by atomic mass is 32.1. The Bertz CT molecular complexity index is 961. The number of benzene rings is 1. The number of hydrogen-bond donors (Lipinski definition) is 2. The van der Waals surface area contributed by atoms with Gasteiger partial charge in [0.15, 0.2) is 4.77 Å². The van der Waals surface area contributed by atoms with Crippen molar-refractivity contribution in [2.45, 2.75) is 40.2 Å². The van der Waals surface area contributed by atoms with Crippen molar-refractivity contribution in [2.75, 3.05) is 32.7 Å². The molecule has 2 aromatic rings. The molecule has 28 heavy (non-hydrogen) atoms. The van der Waals surface area contributed by atoms with E-state index in [1.54, 1.807) is 22.8 Å². The van der Waals surface area contributed by atoms with Crippen LogP contribution in [0, 0.1) is 10.7 Å². The maximum absolute atomic E-state index is 12.9. The summed E-state index contributed by atoms with van der Waals surface area (Å²) in [7, 11) is 0. The first-order valence-corrected chi connectivity index (χ1v) is 10.7. The molecule has 2 N–H and O–H groups in total. The highest BCUT2D eigenvalue weighted by molar-refractivity contribution is 7.71. The van der Waals surface area contributed by atoms with E-state index in [0.29, 0.717) is 33.7 Å². The number of aromatic amines is 1. The molecule has 3 rings (SSSR count). The van der Waals surface area contributed by atoms with Crippen LogP contribution < -0.4 is 10.5 Å². The molecule has 1 amide bonds. The molecule has 0 radical (unpaired) electrons. The Kier molecular flexibility index (Phi) is 6.67. The molecular weight excluding hydrogens is 372 g/mol. The molecular formula is C21H31N4O2S+. The Balaban J connectivity index is 1.89. The molecule has 0 spiro atoms. The molecule has 7 heteroatoms.